The highest BCUT2D eigenvalue weighted by Crippen LogP contribution is 2.38. The van der Waals surface area contributed by atoms with Gasteiger partial charge in [-0.15, -0.1) is 0 Å². The Morgan fingerprint density at radius 3 is 3.00 bits per heavy atom. The summed E-state index contributed by atoms with van der Waals surface area (Å²) in [7, 11) is 0. The second-order valence-corrected chi connectivity index (χ2v) is 8.25. The van der Waals surface area contributed by atoms with E-state index in [2.05, 4.69) is 15.5 Å². The second-order valence-electron chi connectivity index (χ2n) is 8.25. The third kappa shape index (κ3) is 3.06. The van der Waals surface area contributed by atoms with Gasteiger partial charge in [0, 0.05) is 43.9 Å². The van der Waals surface area contributed by atoms with Gasteiger partial charge in [0.15, 0.2) is 6.61 Å². The van der Waals surface area contributed by atoms with Gasteiger partial charge in [-0.3, -0.25) is 9.59 Å². The van der Waals surface area contributed by atoms with E-state index in [4.69, 9.17) is 4.74 Å². The van der Waals surface area contributed by atoms with E-state index in [9.17, 15) is 14.4 Å². The van der Waals surface area contributed by atoms with Crippen LogP contribution in [0, 0.1) is 11.8 Å². The highest BCUT2D eigenvalue weighted by molar-refractivity contribution is 5.96. The summed E-state index contributed by atoms with van der Waals surface area (Å²) in [6, 6.07) is 5.40. The zero-order chi connectivity index (χ0) is 19.3. The van der Waals surface area contributed by atoms with Crippen molar-refractivity contribution in [1.29, 1.82) is 0 Å². The SMILES string of the molecule is O=C1COc2cc(NC(=O)N3CC4CC(C3)[C@@H]3CCCC(=O)N3C4)ccc2N1. The second kappa shape index (κ2) is 6.68. The number of carbonyl (C=O) groups excluding carboxylic acids is 3. The van der Waals surface area contributed by atoms with Gasteiger partial charge in [0.1, 0.15) is 5.75 Å². The number of nitrogens with zero attached hydrogens (tertiary/aromatic N) is 2. The number of carbonyl (C=O) groups is 3. The molecule has 28 heavy (non-hydrogen) atoms. The quantitative estimate of drug-likeness (QED) is 0.774. The number of rotatable bonds is 1. The molecule has 3 saturated heterocycles. The molecule has 2 bridgehead atoms. The fraction of sp³-hybridized carbons (Fsp3) is 0.550. The lowest BCUT2D eigenvalue weighted by Gasteiger charge is -2.52. The van der Waals surface area contributed by atoms with Crippen molar-refractivity contribution < 1.29 is 19.1 Å². The fourth-order valence-electron chi connectivity index (χ4n) is 5.13. The van der Waals surface area contributed by atoms with Crippen molar-refractivity contribution >= 4 is 29.2 Å². The van der Waals surface area contributed by atoms with Crippen LogP contribution in [-0.4, -0.2) is 59.9 Å². The van der Waals surface area contributed by atoms with Gasteiger partial charge in [-0.1, -0.05) is 0 Å². The van der Waals surface area contributed by atoms with Crippen molar-refractivity contribution in [2.45, 2.75) is 31.7 Å². The lowest BCUT2D eigenvalue weighted by molar-refractivity contribution is -0.144. The number of fused-ring (bicyclic) bond motifs is 5. The van der Waals surface area contributed by atoms with Crippen molar-refractivity contribution in [3.8, 4) is 5.75 Å². The average molecular weight is 384 g/mol. The Hall–Kier alpha value is -2.77. The molecular weight excluding hydrogens is 360 g/mol. The van der Waals surface area contributed by atoms with Gasteiger partial charge >= 0.3 is 6.03 Å². The molecular formula is C20H24N4O4. The maximum atomic E-state index is 12.9. The number of amides is 4. The summed E-state index contributed by atoms with van der Waals surface area (Å²) in [5.41, 5.74) is 1.26. The molecule has 8 nitrogen and oxygen atoms in total. The first-order valence-corrected chi connectivity index (χ1v) is 9.99. The highest BCUT2D eigenvalue weighted by atomic mass is 16.5. The van der Waals surface area contributed by atoms with Gasteiger partial charge in [-0.05, 0) is 43.2 Å². The van der Waals surface area contributed by atoms with E-state index in [1.807, 2.05) is 4.90 Å². The highest BCUT2D eigenvalue weighted by Gasteiger charge is 2.44. The number of hydrogen-bond donors (Lipinski definition) is 2. The maximum Gasteiger partial charge on any atom is 0.321 e. The third-order valence-electron chi connectivity index (χ3n) is 6.33. The van der Waals surface area contributed by atoms with Crippen molar-refractivity contribution in [3.63, 3.8) is 0 Å². The maximum absolute atomic E-state index is 12.9. The largest absolute Gasteiger partial charge is 0.482 e. The summed E-state index contributed by atoms with van der Waals surface area (Å²) in [5.74, 6) is 1.38. The lowest BCUT2D eigenvalue weighted by Crippen LogP contribution is -2.61. The molecule has 1 aromatic rings. The van der Waals surface area contributed by atoms with E-state index >= 15 is 0 Å². The van der Waals surface area contributed by atoms with Crippen LogP contribution in [-0.2, 0) is 9.59 Å². The number of hydrogen-bond acceptors (Lipinski definition) is 4. The number of urea groups is 1. The lowest BCUT2D eigenvalue weighted by atomic mass is 9.76. The minimum atomic E-state index is -0.181. The Kier molecular flexibility index (Phi) is 4.14. The molecule has 2 N–H and O–H groups in total. The predicted molar refractivity (Wildman–Crippen MR) is 102 cm³/mol. The van der Waals surface area contributed by atoms with E-state index in [1.54, 1.807) is 18.2 Å². The zero-order valence-corrected chi connectivity index (χ0v) is 15.6. The van der Waals surface area contributed by atoms with Crippen LogP contribution in [0.1, 0.15) is 25.7 Å². The van der Waals surface area contributed by atoms with Gasteiger partial charge in [0.25, 0.3) is 5.91 Å². The number of ether oxygens (including phenoxy) is 1. The van der Waals surface area contributed by atoms with Crippen molar-refractivity contribution in [2.75, 3.05) is 36.9 Å². The van der Waals surface area contributed by atoms with Gasteiger partial charge in [-0.25, -0.2) is 4.79 Å². The van der Waals surface area contributed by atoms with Gasteiger partial charge in [0.2, 0.25) is 5.91 Å². The van der Waals surface area contributed by atoms with Crippen LogP contribution in [0.2, 0.25) is 0 Å². The Labute approximate surface area is 163 Å². The van der Waals surface area contributed by atoms with Crippen LogP contribution in [0.25, 0.3) is 0 Å². The first-order chi connectivity index (χ1) is 13.6. The molecule has 0 radical (unpaired) electrons. The van der Waals surface area contributed by atoms with E-state index in [1.165, 1.54) is 0 Å². The average Bonchev–Trinajstić information content (AvgIpc) is 2.69. The molecule has 4 aliphatic heterocycles. The van der Waals surface area contributed by atoms with Crippen LogP contribution in [0.4, 0.5) is 16.2 Å². The first-order valence-electron chi connectivity index (χ1n) is 9.99. The van der Waals surface area contributed by atoms with Crippen molar-refractivity contribution in [2.24, 2.45) is 11.8 Å². The van der Waals surface area contributed by atoms with E-state index in [0.29, 0.717) is 48.5 Å². The number of anilines is 2. The Morgan fingerprint density at radius 1 is 1.21 bits per heavy atom. The summed E-state index contributed by atoms with van der Waals surface area (Å²) < 4.78 is 5.42. The molecule has 8 heteroatoms. The Morgan fingerprint density at radius 2 is 2.11 bits per heavy atom. The molecule has 3 atom stereocenters. The van der Waals surface area contributed by atoms with Crippen LogP contribution < -0.4 is 15.4 Å². The summed E-state index contributed by atoms with van der Waals surface area (Å²) in [4.78, 5) is 40.5. The summed E-state index contributed by atoms with van der Waals surface area (Å²) >= 11 is 0. The van der Waals surface area contributed by atoms with Crippen LogP contribution in [0.3, 0.4) is 0 Å². The molecule has 4 aliphatic rings. The topological polar surface area (TPSA) is 91.0 Å². The van der Waals surface area contributed by atoms with Crippen molar-refractivity contribution in [1.82, 2.24) is 9.80 Å². The summed E-state index contributed by atoms with van der Waals surface area (Å²) in [6.45, 7) is 2.12. The molecule has 4 heterocycles. The number of benzene rings is 1. The van der Waals surface area contributed by atoms with Crippen molar-refractivity contribution in [3.05, 3.63) is 18.2 Å². The number of piperidine rings is 3. The molecule has 1 aromatic carbocycles. The normalized spacial score (nSPS) is 28.6. The Bertz CT molecular complexity index is 841. The molecule has 148 valence electrons. The van der Waals surface area contributed by atoms with Crippen LogP contribution in [0.5, 0.6) is 5.75 Å². The van der Waals surface area contributed by atoms with E-state index in [0.717, 1.165) is 25.8 Å². The number of nitrogens with one attached hydrogen (secondary N) is 2. The minimum absolute atomic E-state index is 0.0174. The molecule has 0 aliphatic carbocycles. The smallest absolute Gasteiger partial charge is 0.321 e. The number of likely N-dealkylation sites (tertiary alicyclic amines) is 1. The molecule has 2 unspecified atom stereocenters. The first kappa shape index (κ1) is 17.3. The van der Waals surface area contributed by atoms with Crippen LogP contribution >= 0.6 is 0 Å². The zero-order valence-electron chi connectivity index (χ0n) is 15.6. The standard InChI is InChI=1S/C20H24N4O4/c25-18-11-28-17-7-14(4-5-15(17)22-18)21-20(27)23-8-12-6-13(10-23)16-2-1-3-19(26)24(16)9-12/h4-5,7,12-13,16H,1-3,6,8-11H2,(H,21,27)(H,22,25)/t12?,13?,16-/m0/s1. The van der Waals surface area contributed by atoms with Gasteiger partial charge in [0.05, 0.1) is 5.69 Å². The molecule has 5 rings (SSSR count). The van der Waals surface area contributed by atoms with Gasteiger partial charge < -0.3 is 25.2 Å². The third-order valence-corrected chi connectivity index (χ3v) is 6.33. The molecule has 4 amide bonds. The van der Waals surface area contributed by atoms with E-state index in [-0.39, 0.29) is 30.5 Å². The predicted octanol–water partition coefficient (Wildman–Crippen LogP) is 1.88. The minimum Gasteiger partial charge on any atom is -0.482 e. The molecule has 0 aromatic heterocycles. The molecule has 0 spiro atoms. The van der Waals surface area contributed by atoms with E-state index < -0.39 is 0 Å². The summed E-state index contributed by atoms with van der Waals surface area (Å²) in [6.07, 6.45) is 3.77. The van der Waals surface area contributed by atoms with Gasteiger partial charge in [-0.2, -0.15) is 0 Å². The molecule has 0 saturated carbocycles. The van der Waals surface area contributed by atoms with Crippen LogP contribution in [0.15, 0.2) is 18.2 Å². The molecule has 3 fully saturated rings. The monoisotopic (exact) mass is 384 g/mol. The fourth-order valence-corrected chi connectivity index (χ4v) is 5.13. The Balaban J connectivity index is 1.27. The summed E-state index contributed by atoms with van der Waals surface area (Å²) in [5, 5.41) is 5.70.